The van der Waals surface area contributed by atoms with E-state index < -0.39 is 5.97 Å². The van der Waals surface area contributed by atoms with Crippen LogP contribution in [0.4, 0.5) is 0 Å². The Hall–Kier alpha value is -2.93. The van der Waals surface area contributed by atoms with Gasteiger partial charge in [0.05, 0.1) is 17.7 Å². The van der Waals surface area contributed by atoms with Gasteiger partial charge in [-0.05, 0) is 23.6 Å². The maximum absolute atomic E-state index is 11.8. The summed E-state index contributed by atoms with van der Waals surface area (Å²) in [5.74, 6) is -0.502. The van der Waals surface area contributed by atoms with Crippen LogP contribution in [0.25, 0.3) is 27.7 Å². The van der Waals surface area contributed by atoms with Crippen LogP contribution in [-0.4, -0.2) is 27.8 Å². The zero-order chi connectivity index (χ0) is 15.8. The highest BCUT2D eigenvalue weighted by atomic mass is 32.1. The van der Waals surface area contributed by atoms with Gasteiger partial charge in [0.25, 0.3) is 0 Å². The van der Waals surface area contributed by atoms with E-state index in [2.05, 4.69) is 10.1 Å². The van der Waals surface area contributed by atoms with Crippen LogP contribution in [0, 0.1) is 0 Å². The van der Waals surface area contributed by atoms with Gasteiger partial charge in [0, 0.05) is 6.07 Å². The predicted octanol–water partition coefficient (Wildman–Crippen LogP) is 3.53. The van der Waals surface area contributed by atoms with E-state index in [1.54, 1.807) is 17.4 Å². The molecule has 0 aliphatic carbocycles. The van der Waals surface area contributed by atoms with E-state index in [9.17, 15) is 4.79 Å². The number of thiophene rings is 1. The molecular formula is C16H11N3O3S. The van der Waals surface area contributed by atoms with Crippen LogP contribution in [-0.2, 0) is 4.74 Å². The molecule has 0 amide bonds. The van der Waals surface area contributed by atoms with Gasteiger partial charge in [0.15, 0.2) is 11.3 Å². The van der Waals surface area contributed by atoms with Gasteiger partial charge in [-0.15, -0.1) is 11.3 Å². The minimum absolute atomic E-state index is 0.207. The molecule has 0 N–H and O–H groups in total. The number of oxazole rings is 1. The zero-order valence-electron chi connectivity index (χ0n) is 12.1. The molecule has 0 saturated heterocycles. The lowest BCUT2D eigenvalue weighted by molar-refractivity contribution is 0.0593. The van der Waals surface area contributed by atoms with Crippen molar-refractivity contribution in [1.29, 1.82) is 0 Å². The third-order valence-corrected chi connectivity index (χ3v) is 4.23. The Morgan fingerprint density at radius 3 is 2.87 bits per heavy atom. The fourth-order valence-corrected chi connectivity index (χ4v) is 3.01. The van der Waals surface area contributed by atoms with Crippen LogP contribution >= 0.6 is 11.3 Å². The van der Waals surface area contributed by atoms with Crippen molar-refractivity contribution in [2.24, 2.45) is 0 Å². The van der Waals surface area contributed by atoms with Crippen molar-refractivity contribution < 1.29 is 13.9 Å². The molecule has 3 aromatic heterocycles. The molecule has 7 heteroatoms. The van der Waals surface area contributed by atoms with Gasteiger partial charge in [-0.1, -0.05) is 18.2 Å². The lowest BCUT2D eigenvalue weighted by Crippen LogP contribution is -2.04. The molecule has 0 saturated carbocycles. The first-order valence-electron chi connectivity index (χ1n) is 6.84. The number of aromatic nitrogens is 3. The number of carbonyl (C=O) groups excluding carboxylic acids is 1. The maximum atomic E-state index is 11.8. The van der Waals surface area contributed by atoms with E-state index in [1.165, 1.54) is 11.8 Å². The summed E-state index contributed by atoms with van der Waals surface area (Å²) in [6, 6.07) is 13.3. The first-order valence-corrected chi connectivity index (χ1v) is 7.72. The van der Waals surface area contributed by atoms with Gasteiger partial charge in [0.1, 0.15) is 5.52 Å². The van der Waals surface area contributed by atoms with Crippen LogP contribution in [0.2, 0.25) is 0 Å². The van der Waals surface area contributed by atoms with Crippen LogP contribution < -0.4 is 0 Å². The summed E-state index contributed by atoms with van der Waals surface area (Å²) in [6.07, 6.45) is 0. The van der Waals surface area contributed by atoms with E-state index in [0.717, 1.165) is 16.1 Å². The van der Waals surface area contributed by atoms with E-state index in [1.807, 2.05) is 41.8 Å². The van der Waals surface area contributed by atoms with Gasteiger partial charge in [0.2, 0.25) is 0 Å². The van der Waals surface area contributed by atoms with Crippen LogP contribution in [0.15, 0.2) is 52.3 Å². The molecule has 0 unspecified atom stereocenters. The quantitative estimate of drug-likeness (QED) is 0.539. The SMILES string of the molecule is COC(=O)c1cc(-c2cccs2)n(-c2nc3ccccc3o2)n1. The third kappa shape index (κ3) is 2.31. The van der Waals surface area contributed by atoms with Crippen molar-refractivity contribution in [3.05, 3.63) is 53.5 Å². The van der Waals surface area contributed by atoms with Crippen molar-refractivity contribution in [2.75, 3.05) is 7.11 Å². The minimum atomic E-state index is -0.502. The molecule has 6 nitrogen and oxygen atoms in total. The number of hydrogen-bond donors (Lipinski definition) is 0. The number of hydrogen-bond acceptors (Lipinski definition) is 6. The number of nitrogens with zero attached hydrogens (tertiary/aromatic N) is 3. The van der Waals surface area contributed by atoms with Gasteiger partial charge in [-0.2, -0.15) is 14.8 Å². The normalized spacial score (nSPS) is 11.0. The summed E-state index contributed by atoms with van der Waals surface area (Å²) in [6.45, 7) is 0. The number of rotatable bonds is 3. The van der Waals surface area contributed by atoms with E-state index in [0.29, 0.717) is 11.6 Å². The smallest absolute Gasteiger partial charge is 0.358 e. The molecule has 4 aromatic rings. The van der Waals surface area contributed by atoms with Crippen molar-refractivity contribution in [1.82, 2.24) is 14.8 Å². The summed E-state index contributed by atoms with van der Waals surface area (Å²) in [5.41, 5.74) is 2.33. The fraction of sp³-hybridized carbons (Fsp3) is 0.0625. The molecule has 1 aromatic carbocycles. The summed E-state index contributed by atoms with van der Waals surface area (Å²) in [5, 5.41) is 6.25. The van der Waals surface area contributed by atoms with Gasteiger partial charge in [-0.25, -0.2) is 4.79 Å². The maximum Gasteiger partial charge on any atom is 0.358 e. The largest absolute Gasteiger partial charge is 0.464 e. The topological polar surface area (TPSA) is 70.2 Å². The first kappa shape index (κ1) is 13.7. The molecule has 0 radical (unpaired) electrons. The molecular weight excluding hydrogens is 314 g/mol. The van der Waals surface area contributed by atoms with Crippen molar-refractivity contribution in [3.8, 4) is 16.6 Å². The number of carbonyl (C=O) groups is 1. The van der Waals surface area contributed by atoms with Gasteiger partial charge < -0.3 is 9.15 Å². The number of ether oxygens (including phenoxy) is 1. The molecule has 4 rings (SSSR count). The second-order valence-electron chi connectivity index (χ2n) is 4.76. The molecule has 0 atom stereocenters. The second kappa shape index (κ2) is 5.36. The first-order chi connectivity index (χ1) is 11.3. The Labute approximate surface area is 134 Å². The van der Waals surface area contributed by atoms with Gasteiger partial charge >= 0.3 is 12.0 Å². The average molecular weight is 325 g/mol. The summed E-state index contributed by atoms with van der Waals surface area (Å²) < 4.78 is 12.0. The molecule has 3 heterocycles. The van der Waals surface area contributed by atoms with Crippen molar-refractivity contribution in [2.45, 2.75) is 0 Å². The lowest BCUT2D eigenvalue weighted by Gasteiger charge is -1.99. The number of fused-ring (bicyclic) bond motifs is 1. The molecule has 0 aliphatic rings. The Bertz CT molecular complexity index is 952. The monoisotopic (exact) mass is 325 g/mol. The molecule has 23 heavy (non-hydrogen) atoms. The summed E-state index contributed by atoms with van der Waals surface area (Å²) in [7, 11) is 1.33. The highest BCUT2D eigenvalue weighted by Gasteiger charge is 2.20. The van der Waals surface area contributed by atoms with E-state index >= 15 is 0 Å². The number of methoxy groups -OCH3 is 1. The van der Waals surface area contributed by atoms with Crippen LogP contribution in [0.1, 0.15) is 10.5 Å². The molecule has 0 bridgehead atoms. The number of esters is 1. The van der Waals surface area contributed by atoms with E-state index in [4.69, 9.17) is 9.15 Å². The number of benzene rings is 1. The Balaban J connectivity index is 1.92. The third-order valence-electron chi connectivity index (χ3n) is 3.34. The Morgan fingerprint density at radius 2 is 2.13 bits per heavy atom. The zero-order valence-corrected chi connectivity index (χ0v) is 12.9. The average Bonchev–Trinajstić information content (AvgIpc) is 3.30. The summed E-state index contributed by atoms with van der Waals surface area (Å²) in [4.78, 5) is 17.2. The van der Waals surface area contributed by atoms with E-state index in [-0.39, 0.29) is 5.69 Å². The highest BCUT2D eigenvalue weighted by Crippen LogP contribution is 2.29. The highest BCUT2D eigenvalue weighted by molar-refractivity contribution is 7.13. The predicted molar refractivity (Wildman–Crippen MR) is 85.8 cm³/mol. The summed E-state index contributed by atoms with van der Waals surface area (Å²) >= 11 is 1.54. The van der Waals surface area contributed by atoms with Crippen LogP contribution in [0.5, 0.6) is 0 Å². The fourth-order valence-electron chi connectivity index (χ4n) is 2.28. The van der Waals surface area contributed by atoms with Crippen molar-refractivity contribution in [3.63, 3.8) is 0 Å². The Kier molecular flexibility index (Phi) is 3.20. The standard InChI is InChI=1S/C16H11N3O3S/c1-21-15(20)11-9-12(14-7-4-8-23-14)19(18-11)16-17-10-5-2-3-6-13(10)22-16/h2-9H,1H3. The Morgan fingerprint density at radius 1 is 1.26 bits per heavy atom. The lowest BCUT2D eigenvalue weighted by atomic mass is 10.3. The molecule has 0 spiro atoms. The minimum Gasteiger partial charge on any atom is -0.464 e. The van der Waals surface area contributed by atoms with Crippen molar-refractivity contribution >= 4 is 28.4 Å². The molecule has 0 fully saturated rings. The van der Waals surface area contributed by atoms with Gasteiger partial charge in [-0.3, -0.25) is 0 Å². The molecule has 0 aliphatic heterocycles. The second-order valence-corrected chi connectivity index (χ2v) is 5.71. The molecule has 114 valence electrons. The van der Waals surface area contributed by atoms with Crippen LogP contribution in [0.3, 0.4) is 0 Å². The number of para-hydroxylation sites is 2.